The molecule has 3 nitrogen and oxygen atoms in total. The largest absolute Gasteiger partial charge is 0.288 e. The maximum atomic E-state index is 11.3. The second kappa shape index (κ2) is 7.44. The quantitative estimate of drug-likeness (QED) is 0.623. The highest BCUT2D eigenvalue weighted by atomic mass is 16.5. The molecule has 0 atom stereocenters. The van der Waals surface area contributed by atoms with Crippen LogP contribution < -0.4 is 5.48 Å². The fraction of sp³-hybridized carbons (Fsp3) is 0.588. The van der Waals surface area contributed by atoms with Crippen molar-refractivity contribution < 1.29 is 10.0 Å². The average molecular weight is 275 g/mol. The Morgan fingerprint density at radius 2 is 1.85 bits per heavy atom. The third-order valence-corrected chi connectivity index (χ3v) is 4.56. The zero-order valence-electron chi connectivity index (χ0n) is 12.3. The van der Waals surface area contributed by atoms with Gasteiger partial charge < -0.3 is 0 Å². The third kappa shape index (κ3) is 3.83. The molecule has 2 rings (SSSR count). The van der Waals surface area contributed by atoms with E-state index < -0.39 is 5.91 Å². The molecular weight excluding hydrogens is 250 g/mol. The molecule has 1 aliphatic carbocycles. The van der Waals surface area contributed by atoms with Crippen LogP contribution in [0.3, 0.4) is 0 Å². The van der Waals surface area contributed by atoms with Crippen molar-refractivity contribution in [3.05, 3.63) is 35.4 Å². The van der Waals surface area contributed by atoms with Crippen molar-refractivity contribution in [1.82, 2.24) is 5.48 Å². The molecule has 2 N–H and O–H groups in total. The van der Waals surface area contributed by atoms with Gasteiger partial charge in [-0.25, -0.2) is 5.48 Å². The van der Waals surface area contributed by atoms with Gasteiger partial charge in [0.15, 0.2) is 0 Å². The van der Waals surface area contributed by atoms with Crippen LogP contribution in [0.2, 0.25) is 0 Å². The van der Waals surface area contributed by atoms with Crippen LogP contribution in [0.4, 0.5) is 0 Å². The molecule has 1 aromatic carbocycles. The first-order chi connectivity index (χ1) is 9.74. The maximum Gasteiger partial charge on any atom is 0.274 e. The average Bonchev–Trinajstić information content (AvgIpc) is 2.53. The lowest BCUT2D eigenvalue weighted by Crippen LogP contribution is -2.18. The summed E-state index contributed by atoms with van der Waals surface area (Å²) in [5.74, 6) is 1.12. The molecule has 0 radical (unpaired) electrons. The van der Waals surface area contributed by atoms with Gasteiger partial charge in [0.25, 0.3) is 5.91 Å². The minimum Gasteiger partial charge on any atom is -0.288 e. The zero-order chi connectivity index (χ0) is 14.4. The second-order valence-electron chi connectivity index (χ2n) is 5.92. The summed E-state index contributed by atoms with van der Waals surface area (Å²) in [5, 5.41) is 8.61. The number of carbonyl (C=O) groups excluding carboxylic acids is 1. The minimum atomic E-state index is -0.445. The topological polar surface area (TPSA) is 49.3 Å². The van der Waals surface area contributed by atoms with Crippen molar-refractivity contribution >= 4 is 5.91 Å². The molecule has 1 aliphatic rings. The first-order valence-corrected chi connectivity index (χ1v) is 7.79. The van der Waals surface area contributed by atoms with Gasteiger partial charge in [0.1, 0.15) is 0 Å². The van der Waals surface area contributed by atoms with Gasteiger partial charge in [0, 0.05) is 5.56 Å². The van der Waals surface area contributed by atoms with Gasteiger partial charge >= 0.3 is 0 Å². The Balaban J connectivity index is 1.89. The molecule has 1 amide bonds. The van der Waals surface area contributed by atoms with E-state index in [4.69, 9.17) is 5.21 Å². The van der Waals surface area contributed by atoms with Crippen molar-refractivity contribution in [3.63, 3.8) is 0 Å². The fourth-order valence-corrected chi connectivity index (χ4v) is 3.25. The summed E-state index contributed by atoms with van der Waals surface area (Å²) in [4.78, 5) is 11.3. The summed E-state index contributed by atoms with van der Waals surface area (Å²) in [5.41, 5.74) is 3.50. The van der Waals surface area contributed by atoms with Gasteiger partial charge in [-0.2, -0.15) is 0 Å². The second-order valence-corrected chi connectivity index (χ2v) is 5.92. The number of nitrogens with one attached hydrogen (secondary N) is 1. The summed E-state index contributed by atoms with van der Waals surface area (Å²) in [6, 6.07) is 7.65. The minimum absolute atomic E-state index is 0.445. The van der Waals surface area contributed by atoms with Crippen molar-refractivity contribution in [1.29, 1.82) is 0 Å². The number of rotatable bonds is 5. The number of hydrogen-bond acceptors (Lipinski definition) is 2. The zero-order valence-corrected chi connectivity index (χ0v) is 12.3. The Hall–Kier alpha value is -1.35. The predicted octanol–water partition coefficient (Wildman–Crippen LogP) is 4.27. The monoisotopic (exact) mass is 275 g/mol. The Morgan fingerprint density at radius 1 is 1.20 bits per heavy atom. The number of benzene rings is 1. The first-order valence-electron chi connectivity index (χ1n) is 7.79. The van der Waals surface area contributed by atoms with Crippen molar-refractivity contribution in [2.24, 2.45) is 5.92 Å². The number of amides is 1. The van der Waals surface area contributed by atoms with Gasteiger partial charge in [-0.1, -0.05) is 38.3 Å². The van der Waals surface area contributed by atoms with Gasteiger partial charge in [-0.3, -0.25) is 10.0 Å². The van der Waals surface area contributed by atoms with E-state index in [-0.39, 0.29) is 0 Å². The highest BCUT2D eigenvalue weighted by Gasteiger charge is 2.22. The molecule has 1 fully saturated rings. The van der Waals surface area contributed by atoms with Crippen LogP contribution in [0.25, 0.3) is 0 Å². The molecule has 0 heterocycles. The molecule has 3 heteroatoms. The normalized spacial score (nSPS) is 22.5. The van der Waals surface area contributed by atoms with Gasteiger partial charge in [0.2, 0.25) is 0 Å². The van der Waals surface area contributed by atoms with Crippen molar-refractivity contribution in [2.45, 2.75) is 57.8 Å². The summed E-state index contributed by atoms with van der Waals surface area (Å²) < 4.78 is 0. The number of hydroxylamine groups is 1. The van der Waals surface area contributed by atoms with Crippen LogP contribution >= 0.6 is 0 Å². The first kappa shape index (κ1) is 15.0. The predicted molar refractivity (Wildman–Crippen MR) is 79.9 cm³/mol. The highest BCUT2D eigenvalue weighted by Crippen LogP contribution is 2.37. The van der Waals surface area contributed by atoms with E-state index >= 15 is 0 Å². The molecule has 0 spiro atoms. The van der Waals surface area contributed by atoms with E-state index in [0.29, 0.717) is 11.5 Å². The molecule has 1 saturated carbocycles. The summed E-state index contributed by atoms with van der Waals surface area (Å²) in [7, 11) is 0. The van der Waals surface area contributed by atoms with Crippen LogP contribution in [0, 0.1) is 5.92 Å². The van der Waals surface area contributed by atoms with Gasteiger partial charge in [-0.05, 0) is 55.2 Å². The van der Waals surface area contributed by atoms with Crippen molar-refractivity contribution in [3.8, 4) is 0 Å². The smallest absolute Gasteiger partial charge is 0.274 e. The molecule has 0 unspecified atom stereocenters. The fourth-order valence-electron chi connectivity index (χ4n) is 3.25. The molecule has 1 aromatic rings. The van der Waals surface area contributed by atoms with E-state index in [0.717, 1.165) is 5.92 Å². The molecule has 0 aliphatic heterocycles. The molecule has 0 bridgehead atoms. The number of hydrogen-bond donors (Lipinski definition) is 2. The summed E-state index contributed by atoms with van der Waals surface area (Å²) in [6.07, 6.45) is 9.25. The molecular formula is C17H25NO2. The molecule has 0 aromatic heterocycles. The Kier molecular flexibility index (Phi) is 5.60. The van der Waals surface area contributed by atoms with E-state index in [1.54, 1.807) is 17.6 Å². The van der Waals surface area contributed by atoms with Crippen molar-refractivity contribution in [2.75, 3.05) is 0 Å². The highest BCUT2D eigenvalue weighted by molar-refractivity contribution is 5.93. The lowest BCUT2D eigenvalue weighted by atomic mass is 9.77. The SMILES string of the molecule is CCCCC1CCC(c2ccc(C(=O)NO)cc2)CC1. The maximum absolute atomic E-state index is 11.3. The van der Waals surface area contributed by atoms with Crippen LogP contribution in [0.15, 0.2) is 24.3 Å². The number of unbranched alkanes of at least 4 members (excludes halogenated alkanes) is 1. The van der Waals surface area contributed by atoms with Gasteiger partial charge in [0.05, 0.1) is 0 Å². The van der Waals surface area contributed by atoms with E-state index in [2.05, 4.69) is 6.92 Å². The van der Waals surface area contributed by atoms with E-state index in [9.17, 15) is 4.79 Å². The van der Waals surface area contributed by atoms with Crippen LogP contribution in [0.1, 0.15) is 73.7 Å². The third-order valence-electron chi connectivity index (χ3n) is 4.56. The molecule has 110 valence electrons. The van der Waals surface area contributed by atoms with E-state index in [1.165, 1.54) is 50.5 Å². The Labute approximate surface area is 121 Å². The summed E-state index contributed by atoms with van der Waals surface area (Å²) >= 11 is 0. The lowest BCUT2D eigenvalue weighted by Gasteiger charge is -2.28. The molecule has 20 heavy (non-hydrogen) atoms. The van der Waals surface area contributed by atoms with E-state index in [1.807, 2.05) is 12.1 Å². The van der Waals surface area contributed by atoms with Crippen LogP contribution in [-0.4, -0.2) is 11.1 Å². The van der Waals surface area contributed by atoms with Gasteiger partial charge in [-0.15, -0.1) is 0 Å². The summed E-state index contributed by atoms with van der Waals surface area (Å²) in [6.45, 7) is 2.26. The molecule has 0 saturated heterocycles. The van der Waals surface area contributed by atoms with Crippen LogP contribution in [-0.2, 0) is 0 Å². The van der Waals surface area contributed by atoms with Crippen LogP contribution in [0.5, 0.6) is 0 Å². The lowest BCUT2D eigenvalue weighted by molar-refractivity contribution is 0.0706. The standard InChI is InChI=1S/C17H25NO2/c1-2-3-4-13-5-7-14(8-6-13)15-9-11-16(12-10-15)17(19)18-20/h9-14,20H,2-8H2,1H3,(H,18,19). The number of carbonyl (C=O) groups is 1. The Morgan fingerprint density at radius 3 is 2.40 bits per heavy atom. The Bertz CT molecular complexity index is 419.